The normalized spacial score (nSPS) is 12.6. The van der Waals surface area contributed by atoms with Gasteiger partial charge in [0.1, 0.15) is 31.0 Å². The van der Waals surface area contributed by atoms with Crippen molar-refractivity contribution in [1.82, 2.24) is 0 Å². The van der Waals surface area contributed by atoms with E-state index in [0.717, 1.165) is 52.5 Å². The fourth-order valence-electron chi connectivity index (χ4n) is 3.24. The van der Waals surface area contributed by atoms with Crippen LogP contribution in [-0.2, 0) is 4.84 Å². The minimum atomic E-state index is 0.0956. The van der Waals surface area contributed by atoms with Gasteiger partial charge in [-0.15, -0.1) is 0 Å². The van der Waals surface area contributed by atoms with Crippen molar-refractivity contribution in [3.8, 4) is 17.2 Å². The van der Waals surface area contributed by atoms with E-state index in [2.05, 4.69) is 25.9 Å². The highest BCUT2D eigenvalue weighted by Crippen LogP contribution is 2.30. The summed E-state index contributed by atoms with van der Waals surface area (Å²) in [5.74, 6) is 2.64. The van der Waals surface area contributed by atoms with Gasteiger partial charge in [-0.2, -0.15) is 0 Å². The Morgan fingerprint density at radius 3 is 2.48 bits per heavy atom. The molecule has 0 aliphatic rings. The second-order valence-corrected chi connectivity index (χ2v) is 7.57. The zero-order chi connectivity index (χ0) is 22.6. The van der Waals surface area contributed by atoms with Crippen LogP contribution in [0.1, 0.15) is 50.3 Å². The first-order chi connectivity index (χ1) is 14.9. The summed E-state index contributed by atoms with van der Waals surface area (Å²) >= 11 is 0. The molecule has 0 N–H and O–H groups in total. The monoisotopic (exact) mass is 425 g/mol. The zero-order valence-electron chi connectivity index (χ0n) is 19.6. The van der Waals surface area contributed by atoms with Crippen LogP contribution in [0.3, 0.4) is 0 Å². The molecule has 2 aromatic rings. The number of aryl methyl sites for hydroxylation is 2. The average Bonchev–Trinajstić information content (AvgIpc) is 2.74. The van der Waals surface area contributed by atoms with Crippen LogP contribution in [0.25, 0.3) is 0 Å². The third-order valence-corrected chi connectivity index (χ3v) is 4.84. The summed E-state index contributed by atoms with van der Waals surface area (Å²) in [6, 6.07) is 11.9. The smallest absolute Gasteiger partial charge is 0.125 e. The molecule has 0 fully saturated rings. The molecule has 0 spiro atoms. The van der Waals surface area contributed by atoms with E-state index < -0.39 is 0 Å². The first-order valence-electron chi connectivity index (χ1n) is 10.8. The van der Waals surface area contributed by atoms with Crippen molar-refractivity contribution >= 4 is 5.71 Å². The number of oxime groups is 1. The molecule has 1 unspecified atom stereocenters. The van der Waals surface area contributed by atoms with Gasteiger partial charge in [0.25, 0.3) is 0 Å². The van der Waals surface area contributed by atoms with E-state index in [1.807, 2.05) is 62.4 Å². The van der Waals surface area contributed by atoms with Crippen molar-refractivity contribution in [3.05, 3.63) is 65.2 Å². The average molecular weight is 426 g/mol. The molecule has 0 amide bonds. The van der Waals surface area contributed by atoms with Gasteiger partial charge >= 0.3 is 0 Å². The Labute approximate surface area is 186 Å². The van der Waals surface area contributed by atoms with E-state index in [-0.39, 0.29) is 6.10 Å². The van der Waals surface area contributed by atoms with Crippen molar-refractivity contribution < 1.29 is 19.0 Å². The number of hydrogen-bond donors (Lipinski definition) is 0. The highest BCUT2D eigenvalue weighted by molar-refractivity contribution is 5.98. The molecule has 2 rings (SSSR count). The Hall–Kier alpha value is -2.95. The van der Waals surface area contributed by atoms with Gasteiger partial charge in [-0.05, 0) is 82.9 Å². The number of hydrogen-bond acceptors (Lipinski definition) is 5. The summed E-state index contributed by atoms with van der Waals surface area (Å²) in [6.07, 6.45) is 5.87. The molecule has 31 heavy (non-hydrogen) atoms. The molecule has 168 valence electrons. The number of ether oxygens (including phenoxy) is 3. The Bertz CT molecular complexity index is 866. The Morgan fingerprint density at radius 1 is 1.06 bits per heavy atom. The first kappa shape index (κ1) is 24.3. The first-order valence-corrected chi connectivity index (χ1v) is 10.8. The lowest BCUT2D eigenvalue weighted by atomic mass is 10.1. The molecule has 0 radical (unpaired) electrons. The summed E-state index contributed by atoms with van der Waals surface area (Å²) in [6.45, 7) is 11.3. The summed E-state index contributed by atoms with van der Waals surface area (Å²) in [7, 11) is 1.55. The van der Waals surface area contributed by atoms with Crippen LogP contribution in [0.15, 0.2) is 53.7 Å². The highest BCUT2D eigenvalue weighted by atomic mass is 16.6. The molecular weight excluding hydrogens is 390 g/mol. The maximum absolute atomic E-state index is 6.23. The van der Waals surface area contributed by atoms with Crippen molar-refractivity contribution in [2.45, 2.75) is 53.6 Å². The number of nitrogens with zero attached hydrogens (tertiary/aromatic N) is 1. The quantitative estimate of drug-likeness (QED) is 0.174. The van der Waals surface area contributed by atoms with Gasteiger partial charge in [0.15, 0.2) is 0 Å². The Balaban J connectivity index is 1.83. The minimum Gasteiger partial charge on any atom is -0.494 e. The van der Waals surface area contributed by atoms with E-state index in [4.69, 9.17) is 19.0 Å². The van der Waals surface area contributed by atoms with Crippen LogP contribution < -0.4 is 14.2 Å². The van der Waals surface area contributed by atoms with Crippen molar-refractivity contribution in [2.24, 2.45) is 5.16 Å². The standard InChI is InChI=1S/C26H35NO4/c1-7-8-14-30-25-16-19(2)26(20(3)17-25)31-21(4)11-10-15-29-24-13-9-12-23(18-24)22(5)27-28-6/h7-9,12-13,16-18,21H,10-11,14-15H2,1-6H3/b8-7+,27-22-. The van der Waals surface area contributed by atoms with Crippen LogP contribution >= 0.6 is 0 Å². The highest BCUT2D eigenvalue weighted by Gasteiger charge is 2.11. The van der Waals surface area contributed by atoms with Crippen molar-refractivity contribution in [3.63, 3.8) is 0 Å². The Morgan fingerprint density at radius 2 is 1.81 bits per heavy atom. The summed E-state index contributed by atoms with van der Waals surface area (Å²) in [4.78, 5) is 4.84. The topological polar surface area (TPSA) is 49.3 Å². The zero-order valence-corrected chi connectivity index (χ0v) is 19.6. The van der Waals surface area contributed by atoms with E-state index in [1.54, 1.807) is 7.11 Å². The van der Waals surface area contributed by atoms with Gasteiger partial charge in [-0.1, -0.05) is 29.4 Å². The molecule has 0 saturated heterocycles. The number of allylic oxidation sites excluding steroid dienone is 1. The van der Waals surface area contributed by atoms with Gasteiger partial charge in [0.2, 0.25) is 0 Å². The van der Waals surface area contributed by atoms with E-state index >= 15 is 0 Å². The molecule has 5 nitrogen and oxygen atoms in total. The maximum atomic E-state index is 6.23. The summed E-state index contributed by atoms with van der Waals surface area (Å²) < 4.78 is 17.9. The van der Waals surface area contributed by atoms with Gasteiger partial charge in [0.05, 0.1) is 18.4 Å². The van der Waals surface area contributed by atoms with Gasteiger partial charge < -0.3 is 19.0 Å². The van der Waals surface area contributed by atoms with Crippen molar-refractivity contribution in [2.75, 3.05) is 20.3 Å². The maximum Gasteiger partial charge on any atom is 0.125 e. The predicted octanol–water partition coefficient (Wildman–Crippen LogP) is 6.26. The van der Waals surface area contributed by atoms with E-state index in [1.165, 1.54) is 0 Å². The molecule has 2 aromatic carbocycles. The van der Waals surface area contributed by atoms with E-state index in [9.17, 15) is 0 Å². The molecule has 0 heterocycles. The lowest BCUT2D eigenvalue weighted by Gasteiger charge is -2.19. The SMILES string of the molecule is C/C=C/COc1cc(C)c(OC(C)CCCOc2cccc(/C(C)=N\OC)c2)c(C)c1. The molecule has 5 heteroatoms. The fourth-order valence-corrected chi connectivity index (χ4v) is 3.24. The number of rotatable bonds is 12. The van der Waals surface area contributed by atoms with Crippen LogP contribution in [0.4, 0.5) is 0 Å². The van der Waals surface area contributed by atoms with Crippen LogP contribution in [0.5, 0.6) is 17.2 Å². The molecule has 0 aliphatic heterocycles. The predicted molar refractivity (Wildman–Crippen MR) is 127 cm³/mol. The van der Waals surface area contributed by atoms with E-state index in [0.29, 0.717) is 13.2 Å². The molecule has 0 bridgehead atoms. The third kappa shape index (κ3) is 8.00. The summed E-state index contributed by atoms with van der Waals surface area (Å²) in [5, 5.41) is 3.97. The molecule has 0 saturated carbocycles. The Kier molecular flexibility index (Phi) is 9.95. The minimum absolute atomic E-state index is 0.0956. The van der Waals surface area contributed by atoms with Gasteiger partial charge in [0, 0.05) is 5.56 Å². The number of benzene rings is 2. The molecule has 0 aromatic heterocycles. The fraction of sp³-hybridized carbons (Fsp3) is 0.423. The lowest BCUT2D eigenvalue weighted by molar-refractivity contribution is 0.191. The molecular formula is C26H35NO4. The molecule has 0 aliphatic carbocycles. The molecule has 1 atom stereocenters. The van der Waals surface area contributed by atoms with Crippen LogP contribution in [0.2, 0.25) is 0 Å². The second-order valence-electron chi connectivity index (χ2n) is 7.57. The van der Waals surface area contributed by atoms with Crippen molar-refractivity contribution in [1.29, 1.82) is 0 Å². The van der Waals surface area contributed by atoms with Gasteiger partial charge in [-0.3, -0.25) is 0 Å². The van der Waals surface area contributed by atoms with Crippen LogP contribution in [0, 0.1) is 13.8 Å². The third-order valence-electron chi connectivity index (χ3n) is 4.84. The second kappa shape index (κ2) is 12.7. The largest absolute Gasteiger partial charge is 0.494 e. The lowest BCUT2D eigenvalue weighted by Crippen LogP contribution is -2.15. The van der Waals surface area contributed by atoms with Gasteiger partial charge in [-0.25, -0.2) is 0 Å². The van der Waals surface area contributed by atoms with Crippen LogP contribution in [-0.4, -0.2) is 32.1 Å². The summed E-state index contributed by atoms with van der Waals surface area (Å²) in [5.41, 5.74) is 3.98.